The molecular formula is C13H17ClN2O3S. The Morgan fingerprint density at radius 3 is 2.70 bits per heavy atom. The zero-order valence-electron chi connectivity index (χ0n) is 11.1. The van der Waals surface area contributed by atoms with Gasteiger partial charge in [-0.05, 0) is 38.0 Å². The van der Waals surface area contributed by atoms with E-state index in [-0.39, 0.29) is 17.5 Å². The second-order valence-electron chi connectivity index (χ2n) is 5.06. The average Bonchev–Trinajstić information content (AvgIpc) is 2.38. The SMILES string of the molecule is CC1CCC(C(N)=O)CN1S(=O)(=O)c1cccc(Cl)c1. The van der Waals surface area contributed by atoms with Gasteiger partial charge in [-0.2, -0.15) is 4.31 Å². The van der Waals surface area contributed by atoms with Crippen LogP contribution in [0.25, 0.3) is 0 Å². The molecule has 2 unspecified atom stereocenters. The van der Waals surface area contributed by atoms with E-state index in [2.05, 4.69) is 0 Å². The van der Waals surface area contributed by atoms with Gasteiger partial charge >= 0.3 is 0 Å². The predicted molar refractivity (Wildman–Crippen MR) is 76.7 cm³/mol. The Hall–Kier alpha value is -1.11. The number of hydrogen-bond acceptors (Lipinski definition) is 3. The van der Waals surface area contributed by atoms with Crippen LogP contribution in [0.3, 0.4) is 0 Å². The first-order valence-electron chi connectivity index (χ1n) is 6.39. The molecule has 1 heterocycles. The highest BCUT2D eigenvalue weighted by molar-refractivity contribution is 7.89. The number of hydrogen-bond donors (Lipinski definition) is 1. The van der Waals surface area contributed by atoms with E-state index >= 15 is 0 Å². The van der Waals surface area contributed by atoms with Crippen LogP contribution >= 0.6 is 11.6 Å². The molecule has 1 saturated heterocycles. The van der Waals surface area contributed by atoms with E-state index in [1.165, 1.54) is 16.4 Å². The fourth-order valence-corrected chi connectivity index (χ4v) is 4.41. The summed E-state index contributed by atoms with van der Waals surface area (Å²) in [4.78, 5) is 11.4. The molecule has 1 amide bonds. The van der Waals surface area contributed by atoms with Gasteiger partial charge in [0, 0.05) is 17.6 Å². The summed E-state index contributed by atoms with van der Waals surface area (Å²) in [5, 5.41) is 0.363. The van der Waals surface area contributed by atoms with Crippen molar-refractivity contribution in [3.05, 3.63) is 29.3 Å². The zero-order chi connectivity index (χ0) is 14.9. The van der Waals surface area contributed by atoms with Gasteiger partial charge < -0.3 is 5.73 Å². The van der Waals surface area contributed by atoms with E-state index in [0.29, 0.717) is 17.9 Å². The number of piperidine rings is 1. The number of primary amides is 1. The predicted octanol–water partition coefficient (Wildman–Crippen LogP) is 1.61. The molecule has 1 aliphatic heterocycles. The van der Waals surface area contributed by atoms with E-state index < -0.39 is 21.8 Å². The molecule has 1 aromatic carbocycles. The summed E-state index contributed by atoms with van der Waals surface area (Å²) < 4.78 is 26.6. The van der Waals surface area contributed by atoms with Crippen molar-refractivity contribution in [1.82, 2.24) is 4.31 Å². The lowest BCUT2D eigenvalue weighted by atomic mass is 9.95. The van der Waals surface area contributed by atoms with E-state index in [1.807, 2.05) is 6.92 Å². The third-order valence-electron chi connectivity index (χ3n) is 3.63. The first kappa shape index (κ1) is 15.3. The third-order valence-corrected chi connectivity index (χ3v) is 5.84. The van der Waals surface area contributed by atoms with Crippen LogP contribution in [-0.2, 0) is 14.8 Å². The summed E-state index contributed by atoms with van der Waals surface area (Å²) in [5.41, 5.74) is 5.30. The first-order chi connectivity index (χ1) is 9.32. The van der Waals surface area contributed by atoms with Crippen LogP contribution in [0.4, 0.5) is 0 Å². The van der Waals surface area contributed by atoms with Crippen molar-refractivity contribution in [2.45, 2.75) is 30.7 Å². The molecule has 20 heavy (non-hydrogen) atoms. The summed E-state index contributed by atoms with van der Waals surface area (Å²) in [6.45, 7) is 1.96. The summed E-state index contributed by atoms with van der Waals surface area (Å²) in [6, 6.07) is 5.97. The summed E-state index contributed by atoms with van der Waals surface area (Å²) >= 11 is 5.85. The van der Waals surface area contributed by atoms with Crippen molar-refractivity contribution in [2.24, 2.45) is 11.7 Å². The Morgan fingerprint density at radius 1 is 1.40 bits per heavy atom. The lowest BCUT2D eigenvalue weighted by Gasteiger charge is -2.35. The Morgan fingerprint density at radius 2 is 2.10 bits per heavy atom. The van der Waals surface area contributed by atoms with Gasteiger partial charge in [0.25, 0.3) is 0 Å². The minimum Gasteiger partial charge on any atom is -0.369 e. The van der Waals surface area contributed by atoms with E-state index in [0.717, 1.165) is 0 Å². The molecule has 2 rings (SSSR count). The van der Waals surface area contributed by atoms with Crippen LogP contribution in [0.2, 0.25) is 5.02 Å². The van der Waals surface area contributed by atoms with Crippen molar-refractivity contribution < 1.29 is 13.2 Å². The lowest BCUT2D eigenvalue weighted by molar-refractivity contribution is -0.123. The fourth-order valence-electron chi connectivity index (χ4n) is 2.40. The molecule has 0 aromatic heterocycles. The number of nitrogens with zero attached hydrogens (tertiary/aromatic N) is 1. The summed E-state index contributed by atoms with van der Waals surface area (Å²) in [6.07, 6.45) is 1.24. The molecule has 0 saturated carbocycles. The lowest BCUT2D eigenvalue weighted by Crippen LogP contribution is -2.48. The molecule has 5 nitrogen and oxygen atoms in total. The topological polar surface area (TPSA) is 80.5 Å². The number of sulfonamides is 1. The number of carbonyl (C=O) groups excluding carboxylic acids is 1. The second-order valence-corrected chi connectivity index (χ2v) is 7.38. The van der Waals surface area contributed by atoms with Gasteiger partial charge in [-0.25, -0.2) is 8.42 Å². The van der Waals surface area contributed by atoms with Crippen molar-refractivity contribution in [3.63, 3.8) is 0 Å². The highest BCUT2D eigenvalue weighted by atomic mass is 35.5. The quantitative estimate of drug-likeness (QED) is 0.920. The molecule has 2 atom stereocenters. The summed E-state index contributed by atoms with van der Waals surface area (Å²) in [5.74, 6) is -0.886. The smallest absolute Gasteiger partial charge is 0.243 e. The van der Waals surface area contributed by atoms with Crippen molar-refractivity contribution in [2.75, 3.05) is 6.54 Å². The Kier molecular flexibility index (Phi) is 4.36. The van der Waals surface area contributed by atoms with Gasteiger partial charge in [-0.3, -0.25) is 4.79 Å². The van der Waals surface area contributed by atoms with Gasteiger partial charge in [-0.15, -0.1) is 0 Å². The molecule has 1 fully saturated rings. The second kappa shape index (κ2) is 5.71. The minimum absolute atomic E-state index is 0.130. The van der Waals surface area contributed by atoms with Crippen LogP contribution < -0.4 is 5.73 Å². The number of rotatable bonds is 3. The number of carbonyl (C=O) groups is 1. The van der Waals surface area contributed by atoms with Crippen LogP contribution in [-0.4, -0.2) is 31.2 Å². The molecule has 0 radical (unpaired) electrons. The summed E-state index contributed by atoms with van der Waals surface area (Å²) in [7, 11) is -3.66. The van der Waals surface area contributed by atoms with Crippen LogP contribution in [0.5, 0.6) is 0 Å². The first-order valence-corrected chi connectivity index (χ1v) is 8.21. The Bertz CT molecular complexity index is 618. The monoisotopic (exact) mass is 316 g/mol. The largest absolute Gasteiger partial charge is 0.369 e. The minimum atomic E-state index is -3.66. The van der Waals surface area contributed by atoms with Crippen LogP contribution in [0.1, 0.15) is 19.8 Å². The maximum Gasteiger partial charge on any atom is 0.243 e. The standard InChI is InChI=1S/C13H17ClN2O3S/c1-9-5-6-10(13(15)17)8-16(9)20(18,19)12-4-2-3-11(14)7-12/h2-4,7,9-10H,5-6,8H2,1H3,(H2,15,17). The van der Waals surface area contributed by atoms with Crippen molar-refractivity contribution in [3.8, 4) is 0 Å². The molecule has 0 aliphatic carbocycles. The number of halogens is 1. The highest BCUT2D eigenvalue weighted by Crippen LogP contribution is 2.28. The maximum absolute atomic E-state index is 12.6. The molecule has 2 N–H and O–H groups in total. The van der Waals surface area contributed by atoms with E-state index in [1.54, 1.807) is 12.1 Å². The van der Waals surface area contributed by atoms with Crippen LogP contribution in [0.15, 0.2) is 29.2 Å². The Balaban J connectivity index is 2.34. The normalized spacial score (nSPS) is 24.5. The molecular weight excluding hydrogens is 300 g/mol. The average molecular weight is 317 g/mol. The third kappa shape index (κ3) is 2.97. The molecule has 0 bridgehead atoms. The number of amides is 1. The number of benzene rings is 1. The van der Waals surface area contributed by atoms with E-state index in [4.69, 9.17) is 17.3 Å². The zero-order valence-corrected chi connectivity index (χ0v) is 12.7. The number of nitrogens with two attached hydrogens (primary N) is 1. The van der Waals surface area contributed by atoms with Gasteiger partial charge in [0.05, 0.1) is 10.8 Å². The molecule has 1 aliphatic rings. The van der Waals surface area contributed by atoms with Gasteiger partial charge in [0.1, 0.15) is 0 Å². The molecule has 110 valence electrons. The van der Waals surface area contributed by atoms with Gasteiger partial charge in [-0.1, -0.05) is 17.7 Å². The molecule has 0 spiro atoms. The Labute approximate surface area is 123 Å². The van der Waals surface area contributed by atoms with E-state index in [9.17, 15) is 13.2 Å². The fraction of sp³-hybridized carbons (Fsp3) is 0.462. The van der Waals surface area contributed by atoms with Crippen molar-refractivity contribution >= 4 is 27.5 Å². The van der Waals surface area contributed by atoms with Crippen molar-refractivity contribution in [1.29, 1.82) is 0 Å². The molecule has 1 aromatic rings. The maximum atomic E-state index is 12.6. The van der Waals surface area contributed by atoms with Gasteiger partial charge in [0.2, 0.25) is 15.9 Å². The highest BCUT2D eigenvalue weighted by Gasteiger charge is 2.36. The van der Waals surface area contributed by atoms with Gasteiger partial charge in [0.15, 0.2) is 0 Å². The van der Waals surface area contributed by atoms with Crippen LogP contribution in [0, 0.1) is 5.92 Å². The molecule has 7 heteroatoms.